The van der Waals surface area contributed by atoms with Gasteiger partial charge in [0.25, 0.3) is 5.91 Å². The Labute approximate surface area is 177 Å². The van der Waals surface area contributed by atoms with E-state index in [1.54, 1.807) is 6.20 Å². The monoisotopic (exact) mass is 410 g/mol. The molecule has 2 aliphatic rings. The van der Waals surface area contributed by atoms with Gasteiger partial charge in [-0.25, -0.2) is 9.97 Å². The van der Waals surface area contributed by atoms with Gasteiger partial charge in [-0.3, -0.25) is 4.79 Å². The Morgan fingerprint density at radius 1 is 1.17 bits per heavy atom. The summed E-state index contributed by atoms with van der Waals surface area (Å²) in [4.78, 5) is 30.3. The Morgan fingerprint density at radius 3 is 2.60 bits per heavy atom. The van der Waals surface area contributed by atoms with Crippen molar-refractivity contribution in [3.63, 3.8) is 0 Å². The van der Waals surface area contributed by atoms with Crippen molar-refractivity contribution in [2.75, 3.05) is 42.9 Å². The maximum Gasteiger partial charge on any atom is 0.255 e. The maximum atomic E-state index is 12.9. The summed E-state index contributed by atoms with van der Waals surface area (Å²) in [5, 5.41) is 3.17. The third kappa shape index (κ3) is 4.80. The van der Waals surface area contributed by atoms with Gasteiger partial charge >= 0.3 is 0 Å². The molecule has 160 valence electrons. The van der Waals surface area contributed by atoms with Gasteiger partial charge in [-0.15, -0.1) is 0 Å². The van der Waals surface area contributed by atoms with Crippen LogP contribution in [0.15, 0.2) is 24.4 Å². The maximum absolute atomic E-state index is 12.9. The molecule has 2 aromatic heterocycles. The van der Waals surface area contributed by atoms with E-state index in [2.05, 4.69) is 25.2 Å². The van der Waals surface area contributed by atoms with Crippen molar-refractivity contribution in [3.05, 3.63) is 35.7 Å². The van der Waals surface area contributed by atoms with Gasteiger partial charge in [0.05, 0.1) is 5.56 Å². The molecule has 1 saturated carbocycles. The summed E-state index contributed by atoms with van der Waals surface area (Å²) in [6.07, 6.45) is 6.53. The van der Waals surface area contributed by atoms with Gasteiger partial charge in [-0.05, 0) is 45.6 Å². The van der Waals surface area contributed by atoms with Gasteiger partial charge in [0.2, 0.25) is 11.8 Å². The number of anilines is 2. The van der Waals surface area contributed by atoms with Crippen molar-refractivity contribution in [3.8, 4) is 5.88 Å². The van der Waals surface area contributed by atoms with Crippen LogP contribution in [0.3, 0.4) is 0 Å². The standard InChI is InChI=1S/C22H30N6O2/c1-3-23-22-25-16(2)14-19(26-22)27-10-12-28(13-11-27)21(29)17-8-9-20(24-15-17)30-18-6-4-5-7-18/h8-9,14-15,18H,3-7,10-13H2,1-2H3,(H,23,25,26). The molecule has 8 heteroatoms. The van der Waals surface area contributed by atoms with E-state index in [9.17, 15) is 4.79 Å². The van der Waals surface area contributed by atoms with Crippen LogP contribution in [0.5, 0.6) is 5.88 Å². The normalized spacial score (nSPS) is 17.3. The average Bonchev–Trinajstić information content (AvgIpc) is 3.27. The molecule has 0 spiro atoms. The van der Waals surface area contributed by atoms with Crippen LogP contribution < -0.4 is 15.0 Å². The first-order valence-electron chi connectivity index (χ1n) is 10.9. The largest absolute Gasteiger partial charge is 0.474 e. The predicted octanol–water partition coefficient (Wildman–Crippen LogP) is 2.90. The van der Waals surface area contributed by atoms with Crippen LogP contribution in [0.4, 0.5) is 11.8 Å². The second kappa shape index (κ2) is 9.28. The smallest absolute Gasteiger partial charge is 0.255 e. The summed E-state index contributed by atoms with van der Waals surface area (Å²) >= 11 is 0. The number of aromatic nitrogens is 3. The number of rotatable bonds is 6. The Hall–Kier alpha value is -2.90. The first-order chi connectivity index (χ1) is 14.6. The first kappa shape index (κ1) is 20.4. The van der Waals surface area contributed by atoms with Gasteiger partial charge in [0.15, 0.2) is 0 Å². The summed E-state index contributed by atoms with van der Waals surface area (Å²) < 4.78 is 5.90. The minimum Gasteiger partial charge on any atom is -0.474 e. The summed E-state index contributed by atoms with van der Waals surface area (Å²) in [6.45, 7) is 7.56. The number of hydrogen-bond donors (Lipinski definition) is 1. The van der Waals surface area contributed by atoms with Gasteiger partial charge in [-0.2, -0.15) is 4.98 Å². The first-order valence-corrected chi connectivity index (χ1v) is 10.9. The fourth-order valence-corrected chi connectivity index (χ4v) is 4.03. The molecular formula is C22H30N6O2. The number of piperazine rings is 1. The van der Waals surface area contributed by atoms with Gasteiger partial charge in [0, 0.05) is 56.7 Å². The number of carbonyl (C=O) groups is 1. The third-order valence-corrected chi connectivity index (χ3v) is 5.64. The van der Waals surface area contributed by atoms with E-state index in [1.165, 1.54) is 12.8 Å². The van der Waals surface area contributed by atoms with Crippen LogP contribution in [0.2, 0.25) is 0 Å². The van der Waals surface area contributed by atoms with Gasteiger partial charge < -0.3 is 19.9 Å². The summed E-state index contributed by atoms with van der Waals surface area (Å²) in [5.74, 6) is 2.18. The highest BCUT2D eigenvalue weighted by Gasteiger charge is 2.24. The van der Waals surface area contributed by atoms with Crippen molar-refractivity contribution < 1.29 is 9.53 Å². The molecule has 0 radical (unpaired) electrons. The highest BCUT2D eigenvalue weighted by atomic mass is 16.5. The lowest BCUT2D eigenvalue weighted by Crippen LogP contribution is -2.49. The molecule has 2 fully saturated rings. The molecule has 30 heavy (non-hydrogen) atoms. The highest BCUT2D eigenvalue weighted by molar-refractivity contribution is 5.94. The number of carbonyl (C=O) groups excluding carboxylic acids is 1. The van der Waals surface area contributed by atoms with Crippen LogP contribution in [0.1, 0.15) is 48.7 Å². The van der Waals surface area contributed by atoms with Crippen LogP contribution in [0, 0.1) is 6.92 Å². The molecule has 0 atom stereocenters. The van der Waals surface area contributed by atoms with Crippen molar-refractivity contribution in [2.24, 2.45) is 0 Å². The van der Waals surface area contributed by atoms with Crippen molar-refractivity contribution >= 4 is 17.7 Å². The van der Waals surface area contributed by atoms with Gasteiger partial charge in [0.1, 0.15) is 11.9 Å². The minimum absolute atomic E-state index is 0.0155. The van der Waals surface area contributed by atoms with E-state index in [1.807, 2.05) is 36.9 Å². The number of nitrogens with zero attached hydrogens (tertiary/aromatic N) is 5. The van der Waals surface area contributed by atoms with Crippen molar-refractivity contribution in [1.29, 1.82) is 0 Å². The highest BCUT2D eigenvalue weighted by Crippen LogP contribution is 2.23. The van der Waals surface area contributed by atoms with E-state index >= 15 is 0 Å². The van der Waals surface area contributed by atoms with Gasteiger partial charge in [-0.1, -0.05) is 0 Å². The Morgan fingerprint density at radius 2 is 1.93 bits per heavy atom. The second-order valence-electron chi connectivity index (χ2n) is 7.91. The molecule has 0 unspecified atom stereocenters. The summed E-state index contributed by atoms with van der Waals surface area (Å²) in [6, 6.07) is 5.63. The number of hydrogen-bond acceptors (Lipinski definition) is 7. The topological polar surface area (TPSA) is 83.5 Å². The molecule has 1 saturated heterocycles. The number of nitrogens with one attached hydrogen (secondary N) is 1. The molecule has 0 bridgehead atoms. The summed E-state index contributed by atoms with van der Waals surface area (Å²) in [7, 11) is 0. The lowest BCUT2D eigenvalue weighted by atomic mass is 10.2. The summed E-state index contributed by atoms with van der Waals surface area (Å²) in [5.41, 5.74) is 1.54. The van der Waals surface area contributed by atoms with E-state index in [-0.39, 0.29) is 12.0 Å². The predicted molar refractivity (Wildman–Crippen MR) is 116 cm³/mol. The fourth-order valence-electron chi connectivity index (χ4n) is 4.03. The van der Waals surface area contributed by atoms with Crippen LogP contribution in [-0.4, -0.2) is 64.6 Å². The molecule has 0 aromatic carbocycles. The lowest BCUT2D eigenvalue weighted by molar-refractivity contribution is 0.0746. The minimum atomic E-state index is 0.0155. The van der Waals surface area contributed by atoms with E-state index in [0.717, 1.165) is 44.0 Å². The molecular weight excluding hydrogens is 380 g/mol. The molecule has 2 aromatic rings. The Kier molecular flexibility index (Phi) is 6.30. The zero-order valence-corrected chi connectivity index (χ0v) is 17.8. The zero-order valence-electron chi connectivity index (χ0n) is 17.8. The SMILES string of the molecule is CCNc1nc(C)cc(N2CCN(C(=O)c3ccc(OC4CCCC4)nc3)CC2)n1. The molecule has 1 amide bonds. The number of ether oxygens (including phenoxy) is 1. The lowest BCUT2D eigenvalue weighted by Gasteiger charge is -2.35. The molecule has 1 N–H and O–H groups in total. The van der Waals surface area contributed by atoms with Crippen molar-refractivity contribution in [1.82, 2.24) is 19.9 Å². The molecule has 1 aliphatic heterocycles. The third-order valence-electron chi connectivity index (χ3n) is 5.64. The van der Waals surface area contributed by atoms with E-state index < -0.39 is 0 Å². The van der Waals surface area contributed by atoms with Crippen LogP contribution >= 0.6 is 0 Å². The van der Waals surface area contributed by atoms with E-state index in [4.69, 9.17) is 4.74 Å². The Balaban J connectivity index is 1.34. The zero-order chi connectivity index (χ0) is 20.9. The van der Waals surface area contributed by atoms with Crippen LogP contribution in [0.25, 0.3) is 0 Å². The number of amides is 1. The quantitative estimate of drug-likeness (QED) is 0.784. The molecule has 1 aliphatic carbocycles. The Bertz CT molecular complexity index is 858. The fraction of sp³-hybridized carbons (Fsp3) is 0.545. The second-order valence-corrected chi connectivity index (χ2v) is 7.91. The van der Waals surface area contributed by atoms with Crippen LogP contribution in [-0.2, 0) is 0 Å². The molecule has 3 heterocycles. The van der Waals surface area contributed by atoms with Crippen molar-refractivity contribution in [2.45, 2.75) is 45.6 Å². The van der Waals surface area contributed by atoms with E-state index in [0.29, 0.717) is 30.5 Å². The molecule has 4 rings (SSSR count). The number of aryl methyl sites for hydroxylation is 1. The number of pyridine rings is 1. The average molecular weight is 411 g/mol. The molecule has 8 nitrogen and oxygen atoms in total.